The number of carbonyl (C=O) groups excluding carboxylic acids is 1. The Morgan fingerprint density at radius 3 is 2.52 bits per heavy atom. The molecule has 2 heteroatoms. The normalized spacial score (nSPS) is 51.1. The molecule has 140 valence electrons. The highest BCUT2D eigenvalue weighted by atomic mass is 16.3. The van der Waals surface area contributed by atoms with E-state index >= 15 is 0 Å². The Bertz CT molecular complexity index is 618. The zero-order chi connectivity index (χ0) is 18.2. The second kappa shape index (κ2) is 5.44. The van der Waals surface area contributed by atoms with Crippen molar-refractivity contribution in [1.82, 2.24) is 0 Å². The Morgan fingerprint density at radius 1 is 1.12 bits per heavy atom. The molecular formula is C23H36O2. The van der Waals surface area contributed by atoms with Gasteiger partial charge in [-0.1, -0.05) is 39.3 Å². The number of rotatable bonds is 1. The van der Waals surface area contributed by atoms with Crippen molar-refractivity contribution >= 4 is 5.78 Å². The first-order valence-corrected chi connectivity index (χ1v) is 10.5. The van der Waals surface area contributed by atoms with Gasteiger partial charge >= 0.3 is 0 Å². The van der Waals surface area contributed by atoms with Gasteiger partial charge in [0.25, 0.3) is 0 Å². The van der Waals surface area contributed by atoms with E-state index in [0.29, 0.717) is 17.1 Å². The highest BCUT2D eigenvalue weighted by Gasteiger charge is 2.64. The van der Waals surface area contributed by atoms with Gasteiger partial charge in [-0.2, -0.15) is 0 Å². The van der Waals surface area contributed by atoms with E-state index in [4.69, 9.17) is 0 Å². The number of Topliss-reactive ketones (excluding diaryl/α,β-unsaturated/α-hetero) is 1. The van der Waals surface area contributed by atoms with Gasteiger partial charge in [-0.15, -0.1) is 0 Å². The Morgan fingerprint density at radius 2 is 1.84 bits per heavy atom. The molecule has 4 rings (SSSR count). The fourth-order valence-corrected chi connectivity index (χ4v) is 8.32. The van der Waals surface area contributed by atoms with Crippen molar-refractivity contribution < 1.29 is 9.90 Å². The molecule has 1 N–H and O–H groups in total. The van der Waals surface area contributed by atoms with Crippen LogP contribution in [0.1, 0.15) is 79.6 Å². The van der Waals surface area contributed by atoms with E-state index in [9.17, 15) is 9.90 Å². The molecule has 4 aliphatic carbocycles. The minimum atomic E-state index is -0.128. The van der Waals surface area contributed by atoms with Crippen LogP contribution in [0.25, 0.3) is 0 Å². The van der Waals surface area contributed by atoms with Crippen LogP contribution in [-0.2, 0) is 4.79 Å². The highest BCUT2D eigenvalue weighted by Crippen LogP contribution is 2.69. The van der Waals surface area contributed by atoms with Crippen LogP contribution in [0.5, 0.6) is 0 Å². The lowest BCUT2D eigenvalue weighted by atomic mass is 9.47. The monoisotopic (exact) mass is 344 g/mol. The lowest BCUT2D eigenvalue weighted by molar-refractivity contribution is -0.130. The SMILES string of the molecule is CC(=O)[C@H]1C(C)(C)CC2C3CC=C4CC(O)CC[C@]4(C)C3CC[C@@]21C. The fourth-order valence-electron chi connectivity index (χ4n) is 8.32. The summed E-state index contributed by atoms with van der Waals surface area (Å²) >= 11 is 0. The molecule has 0 amide bonds. The van der Waals surface area contributed by atoms with Gasteiger partial charge in [0.1, 0.15) is 5.78 Å². The predicted octanol–water partition coefficient (Wildman–Crippen LogP) is 5.15. The lowest BCUT2D eigenvalue weighted by Crippen LogP contribution is -2.51. The standard InChI is InChI=1S/C23H36O2/c1-14(24)20-21(2,3)13-19-17-7-6-15-12-16(25)8-10-22(15,4)18(17)9-11-23(19,20)5/h6,16-20,25H,7-13H2,1-5H3/t16?,17?,18?,19?,20-,22-,23-/m0/s1. The number of ketones is 1. The van der Waals surface area contributed by atoms with Gasteiger partial charge in [-0.3, -0.25) is 4.79 Å². The van der Waals surface area contributed by atoms with Crippen LogP contribution in [0.15, 0.2) is 11.6 Å². The third kappa shape index (κ3) is 2.35. The second-order valence-corrected chi connectivity index (χ2v) is 10.9. The third-order valence-corrected chi connectivity index (χ3v) is 9.11. The van der Waals surface area contributed by atoms with Crippen LogP contribution in [0, 0.1) is 39.9 Å². The first-order chi connectivity index (χ1) is 11.6. The molecule has 4 aliphatic rings. The van der Waals surface area contributed by atoms with Crippen LogP contribution in [0.2, 0.25) is 0 Å². The van der Waals surface area contributed by atoms with E-state index in [1.165, 1.54) is 31.3 Å². The average molecular weight is 345 g/mol. The van der Waals surface area contributed by atoms with Gasteiger partial charge in [0.15, 0.2) is 0 Å². The fraction of sp³-hybridized carbons (Fsp3) is 0.870. The maximum absolute atomic E-state index is 12.6. The van der Waals surface area contributed by atoms with Crippen LogP contribution in [-0.4, -0.2) is 17.0 Å². The molecule has 7 atom stereocenters. The molecule has 0 saturated heterocycles. The quantitative estimate of drug-likeness (QED) is 0.668. The summed E-state index contributed by atoms with van der Waals surface area (Å²) in [6, 6.07) is 0. The van der Waals surface area contributed by atoms with E-state index in [2.05, 4.69) is 33.8 Å². The van der Waals surface area contributed by atoms with Crippen molar-refractivity contribution in [1.29, 1.82) is 0 Å². The maximum atomic E-state index is 12.6. The van der Waals surface area contributed by atoms with Crippen molar-refractivity contribution in [3.8, 4) is 0 Å². The van der Waals surface area contributed by atoms with E-state index in [0.717, 1.165) is 31.1 Å². The molecule has 0 bridgehead atoms. The Hall–Kier alpha value is -0.630. The van der Waals surface area contributed by atoms with Crippen molar-refractivity contribution in [2.75, 3.05) is 0 Å². The van der Waals surface area contributed by atoms with Crippen LogP contribution >= 0.6 is 0 Å². The first-order valence-electron chi connectivity index (χ1n) is 10.5. The van der Waals surface area contributed by atoms with Crippen molar-refractivity contribution in [3.05, 3.63) is 11.6 Å². The third-order valence-electron chi connectivity index (χ3n) is 9.11. The first kappa shape index (κ1) is 17.8. The number of aliphatic hydroxyl groups is 1. The van der Waals surface area contributed by atoms with Gasteiger partial charge in [-0.05, 0) is 85.9 Å². The molecule has 3 saturated carbocycles. The van der Waals surface area contributed by atoms with Gasteiger partial charge < -0.3 is 5.11 Å². The molecule has 4 unspecified atom stereocenters. The summed E-state index contributed by atoms with van der Waals surface area (Å²) in [5.74, 6) is 2.78. The summed E-state index contributed by atoms with van der Waals surface area (Å²) in [5.41, 5.74) is 2.15. The zero-order valence-corrected chi connectivity index (χ0v) is 16.8. The summed E-state index contributed by atoms with van der Waals surface area (Å²) < 4.78 is 0. The second-order valence-electron chi connectivity index (χ2n) is 10.9. The van der Waals surface area contributed by atoms with Crippen molar-refractivity contribution in [2.45, 2.75) is 85.7 Å². The van der Waals surface area contributed by atoms with Crippen molar-refractivity contribution in [2.24, 2.45) is 39.9 Å². The molecule has 0 aliphatic heterocycles. The number of fused-ring (bicyclic) bond motifs is 5. The molecule has 25 heavy (non-hydrogen) atoms. The number of hydrogen-bond acceptors (Lipinski definition) is 2. The Balaban J connectivity index is 1.71. The minimum Gasteiger partial charge on any atom is -0.393 e. The summed E-state index contributed by atoms with van der Waals surface area (Å²) in [6.07, 6.45) is 10.2. The number of carbonyl (C=O) groups is 1. The highest BCUT2D eigenvalue weighted by molar-refractivity contribution is 5.80. The van der Waals surface area contributed by atoms with E-state index < -0.39 is 0 Å². The number of hydrogen-bond donors (Lipinski definition) is 1. The number of aliphatic hydroxyl groups excluding tert-OH is 1. The average Bonchev–Trinajstić information content (AvgIpc) is 2.73. The van der Waals surface area contributed by atoms with E-state index in [1.54, 1.807) is 0 Å². The van der Waals surface area contributed by atoms with Gasteiger partial charge in [0.05, 0.1) is 6.10 Å². The summed E-state index contributed by atoms with van der Waals surface area (Å²) in [5, 5.41) is 10.1. The molecular weight excluding hydrogens is 308 g/mol. The topological polar surface area (TPSA) is 37.3 Å². The summed E-state index contributed by atoms with van der Waals surface area (Å²) in [4.78, 5) is 12.6. The van der Waals surface area contributed by atoms with Crippen LogP contribution < -0.4 is 0 Å². The summed E-state index contributed by atoms with van der Waals surface area (Å²) in [6.45, 7) is 11.4. The lowest BCUT2D eigenvalue weighted by Gasteiger charge is -2.57. The predicted molar refractivity (Wildman–Crippen MR) is 101 cm³/mol. The molecule has 0 radical (unpaired) electrons. The van der Waals surface area contributed by atoms with E-state index in [-0.39, 0.29) is 22.9 Å². The Kier molecular flexibility index (Phi) is 3.87. The Labute approximate surface area is 153 Å². The van der Waals surface area contributed by atoms with Crippen LogP contribution in [0.3, 0.4) is 0 Å². The largest absolute Gasteiger partial charge is 0.393 e. The molecule has 0 aromatic heterocycles. The maximum Gasteiger partial charge on any atom is 0.133 e. The van der Waals surface area contributed by atoms with Gasteiger partial charge in [-0.25, -0.2) is 0 Å². The zero-order valence-electron chi connectivity index (χ0n) is 16.8. The molecule has 0 spiro atoms. The minimum absolute atomic E-state index is 0.128. The smallest absolute Gasteiger partial charge is 0.133 e. The van der Waals surface area contributed by atoms with Crippen LogP contribution in [0.4, 0.5) is 0 Å². The van der Waals surface area contributed by atoms with Gasteiger partial charge in [0.2, 0.25) is 0 Å². The summed E-state index contributed by atoms with van der Waals surface area (Å²) in [7, 11) is 0. The molecule has 0 aromatic carbocycles. The molecule has 0 heterocycles. The molecule has 2 nitrogen and oxygen atoms in total. The molecule has 0 aromatic rings. The molecule has 3 fully saturated rings. The van der Waals surface area contributed by atoms with Gasteiger partial charge in [0, 0.05) is 5.92 Å². The van der Waals surface area contributed by atoms with E-state index in [1.807, 2.05) is 6.92 Å². The number of allylic oxidation sites excluding steroid dienone is 1. The van der Waals surface area contributed by atoms with Crippen molar-refractivity contribution in [3.63, 3.8) is 0 Å².